The van der Waals surface area contributed by atoms with Gasteiger partial charge in [0.25, 0.3) is 0 Å². The van der Waals surface area contributed by atoms with Crippen LogP contribution in [0.15, 0.2) is 30.5 Å². The average molecular weight is 233 g/mol. The van der Waals surface area contributed by atoms with Crippen LogP contribution >= 0.6 is 0 Å². The summed E-state index contributed by atoms with van der Waals surface area (Å²) in [5, 5.41) is 0. The summed E-state index contributed by atoms with van der Waals surface area (Å²) in [6, 6.07) is 6.41. The third kappa shape index (κ3) is 1.93. The van der Waals surface area contributed by atoms with Crippen LogP contribution in [0.2, 0.25) is 0 Å². The van der Waals surface area contributed by atoms with E-state index in [2.05, 4.69) is 9.72 Å². The first kappa shape index (κ1) is 11.4. The van der Waals surface area contributed by atoms with E-state index in [0.29, 0.717) is 22.4 Å². The van der Waals surface area contributed by atoms with E-state index in [1.807, 2.05) is 0 Å². The summed E-state index contributed by atoms with van der Waals surface area (Å²) in [4.78, 5) is 14.3. The molecule has 2 rings (SSSR count). The number of H-pyrrole nitrogens is 1. The second-order valence-corrected chi connectivity index (χ2v) is 3.67. The summed E-state index contributed by atoms with van der Waals surface area (Å²) < 4.78 is 18.3. The lowest BCUT2D eigenvalue weighted by molar-refractivity contribution is 0.0600. The number of esters is 1. The summed E-state index contributed by atoms with van der Waals surface area (Å²) in [7, 11) is 1.32. The van der Waals surface area contributed by atoms with Crippen molar-refractivity contribution in [3.05, 3.63) is 47.4 Å². The van der Waals surface area contributed by atoms with Crippen LogP contribution < -0.4 is 0 Å². The van der Waals surface area contributed by atoms with Gasteiger partial charge < -0.3 is 9.72 Å². The second-order valence-electron chi connectivity index (χ2n) is 3.67. The van der Waals surface area contributed by atoms with Crippen LogP contribution in [0.3, 0.4) is 0 Å². The van der Waals surface area contributed by atoms with E-state index in [-0.39, 0.29) is 5.82 Å². The number of halogens is 1. The Balaban J connectivity index is 2.52. The first-order valence-corrected chi connectivity index (χ1v) is 5.16. The molecule has 0 radical (unpaired) electrons. The van der Waals surface area contributed by atoms with Crippen molar-refractivity contribution in [1.29, 1.82) is 0 Å². The fraction of sp³-hybridized carbons (Fsp3) is 0.154. The third-order valence-electron chi connectivity index (χ3n) is 2.69. The topological polar surface area (TPSA) is 42.1 Å². The van der Waals surface area contributed by atoms with Crippen LogP contribution in [-0.2, 0) is 4.74 Å². The van der Waals surface area contributed by atoms with E-state index in [1.54, 1.807) is 25.1 Å². The van der Waals surface area contributed by atoms with Gasteiger partial charge in [-0.05, 0) is 24.6 Å². The lowest BCUT2D eigenvalue weighted by Gasteiger charge is -2.03. The molecule has 0 spiro atoms. The highest BCUT2D eigenvalue weighted by Crippen LogP contribution is 2.27. The fourth-order valence-corrected chi connectivity index (χ4v) is 1.76. The average Bonchev–Trinajstić information content (AvgIpc) is 2.71. The van der Waals surface area contributed by atoms with Gasteiger partial charge in [0.05, 0.1) is 18.4 Å². The van der Waals surface area contributed by atoms with Crippen LogP contribution in [0.1, 0.15) is 15.9 Å². The van der Waals surface area contributed by atoms with Crippen LogP contribution in [-0.4, -0.2) is 18.1 Å². The van der Waals surface area contributed by atoms with Crippen molar-refractivity contribution < 1.29 is 13.9 Å². The maximum Gasteiger partial charge on any atom is 0.339 e. The Bertz CT molecular complexity index is 560. The Morgan fingerprint density at radius 1 is 1.35 bits per heavy atom. The van der Waals surface area contributed by atoms with Gasteiger partial charge in [0.15, 0.2) is 0 Å². The number of benzene rings is 1. The van der Waals surface area contributed by atoms with Crippen LogP contribution in [0.5, 0.6) is 0 Å². The Hall–Kier alpha value is -2.10. The number of methoxy groups -OCH3 is 1. The smallest absolute Gasteiger partial charge is 0.339 e. The number of aromatic nitrogens is 1. The first-order valence-electron chi connectivity index (χ1n) is 5.16. The van der Waals surface area contributed by atoms with Crippen LogP contribution in [0.4, 0.5) is 4.39 Å². The van der Waals surface area contributed by atoms with Gasteiger partial charge in [0.1, 0.15) is 5.82 Å². The van der Waals surface area contributed by atoms with Crippen LogP contribution in [0.25, 0.3) is 11.3 Å². The zero-order valence-electron chi connectivity index (χ0n) is 9.58. The van der Waals surface area contributed by atoms with Crippen molar-refractivity contribution in [3.63, 3.8) is 0 Å². The number of hydrogen-bond acceptors (Lipinski definition) is 2. The molecule has 0 bridgehead atoms. The Morgan fingerprint density at radius 2 is 2.06 bits per heavy atom. The number of nitrogens with one attached hydrogen (secondary N) is 1. The molecule has 0 amide bonds. The largest absolute Gasteiger partial charge is 0.465 e. The number of carbonyl (C=O) groups is 1. The molecule has 1 heterocycles. The predicted octanol–water partition coefficient (Wildman–Crippen LogP) is 2.92. The Kier molecular flexibility index (Phi) is 2.95. The minimum Gasteiger partial charge on any atom is -0.465 e. The normalized spacial score (nSPS) is 10.3. The summed E-state index contributed by atoms with van der Waals surface area (Å²) in [6.45, 7) is 1.75. The maximum absolute atomic E-state index is 13.6. The molecule has 0 unspecified atom stereocenters. The summed E-state index contributed by atoms with van der Waals surface area (Å²) in [6.07, 6.45) is 1.53. The molecule has 0 saturated carbocycles. The molecule has 4 heteroatoms. The summed E-state index contributed by atoms with van der Waals surface area (Å²) >= 11 is 0. The number of carbonyl (C=O) groups excluding carboxylic acids is 1. The molecule has 1 N–H and O–H groups in total. The van der Waals surface area contributed by atoms with Crippen molar-refractivity contribution in [2.45, 2.75) is 6.92 Å². The zero-order chi connectivity index (χ0) is 12.4. The quantitative estimate of drug-likeness (QED) is 0.810. The molecule has 0 atom stereocenters. The van der Waals surface area contributed by atoms with E-state index in [1.165, 1.54) is 19.4 Å². The molecule has 0 aliphatic heterocycles. The van der Waals surface area contributed by atoms with Crippen molar-refractivity contribution in [2.75, 3.05) is 7.11 Å². The molecule has 1 aromatic carbocycles. The van der Waals surface area contributed by atoms with Gasteiger partial charge in [0.2, 0.25) is 0 Å². The second kappa shape index (κ2) is 4.41. The van der Waals surface area contributed by atoms with E-state index in [9.17, 15) is 9.18 Å². The number of hydrogen-bond donors (Lipinski definition) is 1. The van der Waals surface area contributed by atoms with Crippen LogP contribution in [0, 0.1) is 12.7 Å². The minimum absolute atomic E-state index is 0.325. The van der Waals surface area contributed by atoms with Gasteiger partial charge in [-0.3, -0.25) is 0 Å². The van der Waals surface area contributed by atoms with Crippen molar-refractivity contribution in [3.8, 4) is 11.3 Å². The minimum atomic E-state index is -0.429. The first-order chi connectivity index (χ1) is 8.15. The monoisotopic (exact) mass is 233 g/mol. The van der Waals surface area contributed by atoms with Gasteiger partial charge in [0, 0.05) is 11.8 Å². The molecular weight excluding hydrogens is 221 g/mol. The lowest BCUT2D eigenvalue weighted by atomic mass is 10.1. The van der Waals surface area contributed by atoms with Crippen molar-refractivity contribution >= 4 is 5.97 Å². The molecule has 0 fully saturated rings. The number of ether oxygens (including phenoxy) is 1. The highest BCUT2D eigenvalue weighted by atomic mass is 19.1. The summed E-state index contributed by atoms with van der Waals surface area (Å²) in [5.74, 6) is -0.754. The molecule has 88 valence electrons. The van der Waals surface area contributed by atoms with Crippen molar-refractivity contribution in [2.24, 2.45) is 0 Å². The van der Waals surface area contributed by atoms with Gasteiger partial charge in [-0.15, -0.1) is 0 Å². The van der Waals surface area contributed by atoms with Gasteiger partial charge in [-0.2, -0.15) is 0 Å². The third-order valence-corrected chi connectivity index (χ3v) is 2.69. The molecular formula is C13H12FNO2. The molecule has 0 aliphatic rings. The standard InChI is InChI=1S/C13H12FNO2/c1-8-10(13(16)17-2)7-15-12(8)9-5-3-4-6-11(9)14/h3-7,15H,1-2H3. The van der Waals surface area contributed by atoms with E-state index < -0.39 is 5.97 Å². The summed E-state index contributed by atoms with van der Waals surface area (Å²) in [5.41, 5.74) is 2.15. The molecule has 0 aliphatic carbocycles. The van der Waals surface area contributed by atoms with Gasteiger partial charge in [-0.25, -0.2) is 9.18 Å². The molecule has 1 aromatic heterocycles. The highest BCUT2D eigenvalue weighted by Gasteiger charge is 2.16. The van der Waals surface area contributed by atoms with Gasteiger partial charge >= 0.3 is 5.97 Å². The lowest BCUT2D eigenvalue weighted by Crippen LogP contribution is -2.01. The zero-order valence-corrected chi connectivity index (χ0v) is 9.58. The SMILES string of the molecule is COC(=O)c1c[nH]c(-c2ccccc2F)c1C. The fourth-order valence-electron chi connectivity index (χ4n) is 1.76. The number of rotatable bonds is 2. The highest BCUT2D eigenvalue weighted by molar-refractivity contribution is 5.93. The molecule has 0 saturated heterocycles. The van der Waals surface area contributed by atoms with E-state index in [0.717, 1.165) is 0 Å². The Morgan fingerprint density at radius 3 is 2.71 bits per heavy atom. The molecule has 3 nitrogen and oxygen atoms in total. The predicted molar refractivity (Wildman–Crippen MR) is 62.3 cm³/mol. The van der Waals surface area contributed by atoms with Crippen molar-refractivity contribution in [1.82, 2.24) is 4.98 Å². The molecule has 2 aromatic rings. The van der Waals surface area contributed by atoms with Gasteiger partial charge in [-0.1, -0.05) is 12.1 Å². The number of aromatic amines is 1. The Labute approximate surface area is 98.2 Å². The van der Waals surface area contributed by atoms with E-state index in [4.69, 9.17) is 0 Å². The molecule has 17 heavy (non-hydrogen) atoms. The van der Waals surface area contributed by atoms with E-state index >= 15 is 0 Å². The maximum atomic E-state index is 13.6.